The quantitative estimate of drug-likeness (QED) is 0.835. The van der Waals surface area contributed by atoms with Crippen molar-refractivity contribution in [1.29, 1.82) is 0 Å². The van der Waals surface area contributed by atoms with Crippen molar-refractivity contribution in [2.75, 3.05) is 32.7 Å². The number of halogens is 3. The van der Waals surface area contributed by atoms with Crippen LogP contribution in [-0.2, 0) is 0 Å². The smallest absolute Gasteiger partial charge is 0.316 e. The molecule has 0 aromatic carbocycles. The van der Waals surface area contributed by atoms with Crippen LogP contribution in [0.25, 0.3) is 0 Å². The van der Waals surface area contributed by atoms with Crippen LogP contribution in [0.4, 0.5) is 13.2 Å². The first kappa shape index (κ1) is 16.1. The molecule has 0 radical (unpaired) electrons. The average molecular weight is 292 g/mol. The van der Waals surface area contributed by atoms with Crippen LogP contribution in [0.3, 0.4) is 0 Å². The van der Waals surface area contributed by atoms with Gasteiger partial charge in [-0.3, -0.25) is 0 Å². The van der Waals surface area contributed by atoms with E-state index in [-0.39, 0.29) is 12.0 Å². The number of piperidine rings is 1. The lowest BCUT2D eigenvalue weighted by Gasteiger charge is -2.40. The Bertz CT molecular complexity index is 298. The molecule has 1 aliphatic heterocycles. The summed E-state index contributed by atoms with van der Waals surface area (Å²) >= 11 is 0. The van der Waals surface area contributed by atoms with Crippen molar-refractivity contribution in [3.63, 3.8) is 0 Å². The van der Waals surface area contributed by atoms with Crippen LogP contribution in [0.2, 0.25) is 0 Å². The Morgan fingerprint density at radius 3 is 2.50 bits per heavy atom. The van der Waals surface area contributed by atoms with E-state index in [1.54, 1.807) is 0 Å². The Kier molecular flexibility index (Phi) is 5.35. The van der Waals surface area contributed by atoms with E-state index in [9.17, 15) is 13.2 Å². The zero-order chi connectivity index (χ0) is 14.6. The van der Waals surface area contributed by atoms with Gasteiger partial charge in [-0.25, -0.2) is 0 Å². The van der Waals surface area contributed by atoms with Gasteiger partial charge in [0.15, 0.2) is 0 Å². The van der Waals surface area contributed by atoms with Gasteiger partial charge in [-0.2, -0.15) is 13.2 Å². The maximum Gasteiger partial charge on any atom is 0.393 e. The first-order valence-electron chi connectivity index (χ1n) is 7.95. The highest BCUT2D eigenvalue weighted by molar-refractivity contribution is 4.91. The lowest BCUT2D eigenvalue weighted by atomic mass is 9.84. The molecule has 0 aromatic heterocycles. The van der Waals surface area contributed by atoms with Crippen LogP contribution >= 0.6 is 0 Å². The zero-order valence-electron chi connectivity index (χ0n) is 12.4. The van der Waals surface area contributed by atoms with E-state index in [0.717, 1.165) is 39.0 Å². The highest BCUT2D eigenvalue weighted by atomic mass is 19.4. The highest BCUT2D eigenvalue weighted by Crippen LogP contribution is 2.40. The number of likely N-dealkylation sites (tertiary alicyclic amines) is 1. The van der Waals surface area contributed by atoms with Gasteiger partial charge >= 0.3 is 6.18 Å². The lowest BCUT2D eigenvalue weighted by Crippen LogP contribution is -2.48. The Hall–Kier alpha value is -0.290. The summed E-state index contributed by atoms with van der Waals surface area (Å²) in [5.41, 5.74) is 0.212. The Morgan fingerprint density at radius 1 is 1.20 bits per heavy atom. The maximum atomic E-state index is 12.9. The first-order valence-corrected chi connectivity index (χ1v) is 7.95. The van der Waals surface area contributed by atoms with Crippen LogP contribution in [0.1, 0.15) is 45.4 Å². The van der Waals surface area contributed by atoms with Crippen molar-refractivity contribution in [1.82, 2.24) is 10.2 Å². The van der Waals surface area contributed by atoms with Gasteiger partial charge in [0.1, 0.15) is 0 Å². The molecule has 1 N–H and O–H groups in total. The van der Waals surface area contributed by atoms with Crippen LogP contribution in [0.15, 0.2) is 0 Å². The van der Waals surface area contributed by atoms with E-state index >= 15 is 0 Å². The van der Waals surface area contributed by atoms with E-state index < -0.39 is 12.1 Å². The summed E-state index contributed by atoms with van der Waals surface area (Å²) in [6, 6.07) is 0. The molecule has 118 valence electrons. The van der Waals surface area contributed by atoms with Crippen molar-refractivity contribution in [2.24, 2.45) is 11.3 Å². The molecule has 1 aliphatic carbocycles. The molecule has 1 unspecified atom stereocenters. The summed E-state index contributed by atoms with van der Waals surface area (Å²) in [4.78, 5) is 2.07. The van der Waals surface area contributed by atoms with Gasteiger partial charge in [-0.05, 0) is 44.2 Å². The largest absolute Gasteiger partial charge is 0.393 e. The molecule has 0 spiro atoms. The molecule has 0 aromatic rings. The monoisotopic (exact) mass is 292 g/mol. The van der Waals surface area contributed by atoms with Crippen LogP contribution in [-0.4, -0.2) is 43.8 Å². The van der Waals surface area contributed by atoms with Gasteiger partial charge in [0.2, 0.25) is 0 Å². The molecule has 2 aliphatic rings. The molecular formula is C15H27F3N2. The fraction of sp³-hybridized carbons (Fsp3) is 1.00. The predicted molar refractivity (Wildman–Crippen MR) is 74.7 cm³/mol. The number of nitrogens with zero attached hydrogens (tertiary/aromatic N) is 1. The molecule has 2 nitrogen and oxygen atoms in total. The minimum absolute atomic E-state index is 0.206. The standard InChI is InChI=1S/C15H27F3N2/c1-2-19-11-14(7-3-4-8-14)12-20-9-5-6-13(10-20)15(16,17)18/h13,19H,2-12H2,1H3. The summed E-state index contributed by atoms with van der Waals surface area (Å²) in [5.74, 6) is -1.12. The van der Waals surface area contributed by atoms with Crippen molar-refractivity contribution in [2.45, 2.75) is 51.6 Å². The van der Waals surface area contributed by atoms with Gasteiger partial charge in [-0.1, -0.05) is 19.8 Å². The number of hydrogen-bond donors (Lipinski definition) is 1. The minimum Gasteiger partial charge on any atom is -0.316 e. The van der Waals surface area contributed by atoms with Crippen molar-refractivity contribution in [3.05, 3.63) is 0 Å². The minimum atomic E-state index is -4.02. The molecule has 0 bridgehead atoms. The maximum absolute atomic E-state index is 12.9. The van der Waals surface area contributed by atoms with Gasteiger partial charge < -0.3 is 10.2 Å². The number of rotatable bonds is 5. The molecule has 1 atom stereocenters. The molecule has 5 heteroatoms. The van der Waals surface area contributed by atoms with Crippen LogP contribution in [0.5, 0.6) is 0 Å². The zero-order valence-corrected chi connectivity index (χ0v) is 12.4. The molecule has 1 saturated heterocycles. The molecule has 1 saturated carbocycles. The summed E-state index contributed by atoms with van der Waals surface area (Å²) in [6.45, 7) is 5.86. The number of nitrogens with one attached hydrogen (secondary N) is 1. The Morgan fingerprint density at radius 2 is 1.90 bits per heavy atom. The van der Waals surface area contributed by atoms with Crippen LogP contribution in [0, 0.1) is 11.3 Å². The van der Waals surface area contributed by atoms with Gasteiger partial charge in [-0.15, -0.1) is 0 Å². The molecule has 2 fully saturated rings. The topological polar surface area (TPSA) is 15.3 Å². The third-order valence-corrected chi connectivity index (χ3v) is 4.94. The second-order valence-corrected chi connectivity index (χ2v) is 6.60. The second-order valence-electron chi connectivity index (χ2n) is 6.60. The average Bonchev–Trinajstić information content (AvgIpc) is 2.85. The molecule has 0 amide bonds. The summed E-state index contributed by atoms with van der Waals surface area (Å²) in [6.07, 6.45) is 1.73. The fourth-order valence-corrected chi connectivity index (χ4v) is 3.85. The fourth-order valence-electron chi connectivity index (χ4n) is 3.85. The van der Waals surface area contributed by atoms with E-state index in [0.29, 0.717) is 12.8 Å². The molecule has 20 heavy (non-hydrogen) atoms. The van der Waals surface area contributed by atoms with Crippen molar-refractivity contribution >= 4 is 0 Å². The summed E-state index contributed by atoms with van der Waals surface area (Å²) < 4.78 is 38.7. The van der Waals surface area contributed by atoms with Crippen LogP contribution < -0.4 is 5.32 Å². The predicted octanol–water partition coefficient (Wildman–Crippen LogP) is 3.43. The summed E-state index contributed by atoms with van der Waals surface area (Å²) in [5, 5.41) is 3.41. The van der Waals surface area contributed by atoms with E-state index in [4.69, 9.17) is 0 Å². The third-order valence-electron chi connectivity index (χ3n) is 4.94. The number of hydrogen-bond acceptors (Lipinski definition) is 2. The van der Waals surface area contributed by atoms with E-state index in [1.165, 1.54) is 12.8 Å². The number of alkyl halides is 3. The Labute approximate surface area is 120 Å². The molecular weight excluding hydrogens is 265 g/mol. The van der Waals surface area contributed by atoms with Gasteiger partial charge in [0.25, 0.3) is 0 Å². The van der Waals surface area contributed by atoms with Crippen molar-refractivity contribution < 1.29 is 13.2 Å². The Balaban J connectivity index is 1.93. The van der Waals surface area contributed by atoms with Crippen molar-refractivity contribution in [3.8, 4) is 0 Å². The third kappa shape index (κ3) is 4.10. The van der Waals surface area contributed by atoms with E-state index in [2.05, 4.69) is 17.1 Å². The molecule has 2 rings (SSSR count). The van der Waals surface area contributed by atoms with E-state index in [1.807, 2.05) is 0 Å². The second kappa shape index (κ2) is 6.65. The first-order chi connectivity index (χ1) is 9.45. The normalized spacial score (nSPS) is 27.9. The summed E-state index contributed by atoms with van der Waals surface area (Å²) in [7, 11) is 0. The highest BCUT2D eigenvalue weighted by Gasteiger charge is 2.43. The molecule has 1 heterocycles. The lowest BCUT2D eigenvalue weighted by molar-refractivity contribution is -0.187. The van der Waals surface area contributed by atoms with Gasteiger partial charge in [0.05, 0.1) is 5.92 Å². The van der Waals surface area contributed by atoms with Gasteiger partial charge in [0, 0.05) is 19.6 Å². The SMILES string of the molecule is CCNCC1(CN2CCCC(C(F)(F)F)C2)CCCC1.